The first-order valence-electron chi connectivity index (χ1n) is 6.17. The molecule has 1 amide bonds. The Hall–Kier alpha value is -1.43. The van der Waals surface area contributed by atoms with Gasteiger partial charge in [0.15, 0.2) is 0 Å². The van der Waals surface area contributed by atoms with Crippen molar-refractivity contribution < 1.29 is 4.79 Å². The summed E-state index contributed by atoms with van der Waals surface area (Å²) in [4.78, 5) is 13.8. The number of piperazine rings is 1. The van der Waals surface area contributed by atoms with Crippen LogP contribution in [0.5, 0.6) is 0 Å². The average Bonchev–Trinajstić information content (AvgIpc) is 2.78. The van der Waals surface area contributed by atoms with Crippen LogP contribution < -0.4 is 5.32 Å². The number of amides is 1. The molecule has 1 aliphatic rings. The van der Waals surface area contributed by atoms with Gasteiger partial charge in [-0.2, -0.15) is 0 Å². The minimum atomic E-state index is 0.124. The third kappa shape index (κ3) is 3.26. The number of carbonyl (C=O) groups is 1. The van der Waals surface area contributed by atoms with Crippen LogP contribution in [0, 0.1) is 0 Å². The van der Waals surface area contributed by atoms with E-state index in [-0.39, 0.29) is 5.91 Å². The SMILES string of the molecule is CCCc1cn(CC(=O)N2CCNCC2)nn1. The highest BCUT2D eigenvalue weighted by Gasteiger charge is 2.16. The molecule has 0 unspecified atom stereocenters. The maximum Gasteiger partial charge on any atom is 0.244 e. The van der Waals surface area contributed by atoms with E-state index in [4.69, 9.17) is 0 Å². The fraction of sp³-hybridized carbons (Fsp3) is 0.727. The van der Waals surface area contributed by atoms with E-state index in [0.717, 1.165) is 44.7 Å². The van der Waals surface area contributed by atoms with Crippen molar-refractivity contribution >= 4 is 5.91 Å². The molecule has 0 aromatic carbocycles. The second-order valence-electron chi connectivity index (χ2n) is 4.29. The standard InChI is InChI=1S/C11H19N5O/c1-2-3-10-8-16(14-13-10)9-11(17)15-6-4-12-5-7-15/h8,12H,2-7,9H2,1H3. The molecule has 17 heavy (non-hydrogen) atoms. The van der Waals surface area contributed by atoms with Gasteiger partial charge in [0.25, 0.3) is 0 Å². The average molecular weight is 237 g/mol. The quantitative estimate of drug-likeness (QED) is 0.778. The first kappa shape index (κ1) is 12.0. The zero-order valence-corrected chi connectivity index (χ0v) is 10.2. The van der Waals surface area contributed by atoms with Crippen molar-refractivity contribution in [1.29, 1.82) is 0 Å². The Morgan fingerprint density at radius 1 is 1.47 bits per heavy atom. The minimum absolute atomic E-state index is 0.124. The molecule has 1 N–H and O–H groups in total. The summed E-state index contributed by atoms with van der Waals surface area (Å²) < 4.78 is 1.63. The molecule has 0 atom stereocenters. The van der Waals surface area contributed by atoms with Crippen LogP contribution in [0.3, 0.4) is 0 Å². The maximum absolute atomic E-state index is 11.9. The van der Waals surface area contributed by atoms with Crippen molar-refractivity contribution in [2.75, 3.05) is 26.2 Å². The van der Waals surface area contributed by atoms with Gasteiger partial charge in [-0.3, -0.25) is 4.79 Å². The van der Waals surface area contributed by atoms with Gasteiger partial charge in [-0.1, -0.05) is 18.6 Å². The number of rotatable bonds is 4. The Morgan fingerprint density at radius 3 is 2.94 bits per heavy atom. The van der Waals surface area contributed by atoms with Crippen molar-refractivity contribution in [2.24, 2.45) is 0 Å². The largest absolute Gasteiger partial charge is 0.339 e. The molecule has 1 saturated heterocycles. The van der Waals surface area contributed by atoms with Crippen molar-refractivity contribution in [3.8, 4) is 0 Å². The van der Waals surface area contributed by atoms with Gasteiger partial charge in [0, 0.05) is 32.4 Å². The van der Waals surface area contributed by atoms with E-state index in [1.54, 1.807) is 4.68 Å². The van der Waals surface area contributed by atoms with E-state index in [2.05, 4.69) is 22.6 Å². The fourth-order valence-corrected chi connectivity index (χ4v) is 1.94. The topological polar surface area (TPSA) is 63.1 Å². The van der Waals surface area contributed by atoms with Crippen LogP contribution in [-0.4, -0.2) is 52.0 Å². The lowest BCUT2D eigenvalue weighted by Gasteiger charge is -2.27. The molecule has 1 aromatic rings. The van der Waals surface area contributed by atoms with Gasteiger partial charge in [-0.25, -0.2) is 4.68 Å². The monoisotopic (exact) mass is 237 g/mol. The predicted molar refractivity (Wildman–Crippen MR) is 63.5 cm³/mol. The number of hydrogen-bond donors (Lipinski definition) is 1. The van der Waals surface area contributed by atoms with Crippen molar-refractivity contribution in [1.82, 2.24) is 25.2 Å². The highest BCUT2D eigenvalue weighted by Crippen LogP contribution is 2.00. The molecule has 0 aliphatic carbocycles. The summed E-state index contributed by atoms with van der Waals surface area (Å²) in [5.74, 6) is 0.124. The summed E-state index contributed by atoms with van der Waals surface area (Å²) in [5.41, 5.74) is 0.959. The molecular weight excluding hydrogens is 218 g/mol. The lowest BCUT2D eigenvalue weighted by molar-refractivity contribution is -0.132. The van der Waals surface area contributed by atoms with Gasteiger partial charge >= 0.3 is 0 Å². The van der Waals surface area contributed by atoms with Crippen molar-refractivity contribution in [3.05, 3.63) is 11.9 Å². The Bertz CT molecular complexity index is 370. The maximum atomic E-state index is 11.9. The Balaban J connectivity index is 1.88. The number of aryl methyl sites for hydroxylation is 1. The smallest absolute Gasteiger partial charge is 0.244 e. The summed E-state index contributed by atoms with van der Waals surface area (Å²) in [6, 6.07) is 0. The highest BCUT2D eigenvalue weighted by atomic mass is 16.2. The van der Waals surface area contributed by atoms with Crippen LogP contribution in [0.2, 0.25) is 0 Å². The van der Waals surface area contributed by atoms with Gasteiger partial charge in [0.05, 0.1) is 5.69 Å². The fourth-order valence-electron chi connectivity index (χ4n) is 1.94. The molecule has 1 aliphatic heterocycles. The third-order valence-corrected chi connectivity index (χ3v) is 2.86. The molecule has 2 rings (SSSR count). The van der Waals surface area contributed by atoms with Crippen LogP contribution in [-0.2, 0) is 17.8 Å². The minimum Gasteiger partial charge on any atom is -0.339 e. The first-order chi connectivity index (χ1) is 8.29. The van der Waals surface area contributed by atoms with Crippen LogP contribution >= 0.6 is 0 Å². The Morgan fingerprint density at radius 2 is 2.24 bits per heavy atom. The number of nitrogens with one attached hydrogen (secondary N) is 1. The molecule has 0 bridgehead atoms. The third-order valence-electron chi connectivity index (χ3n) is 2.86. The molecule has 6 heteroatoms. The number of nitrogens with zero attached hydrogens (tertiary/aromatic N) is 4. The molecular formula is C11H19N5O. The lowest BCUT2D eigenvalue weighted by atomic mass is 10.3. The van der Waals surface area contributed by atoms with Crippen LogP contribution in [0.4, 0.5) is 0 Å². The second kappa shape index (κ2) is 5.77. The van der Waals surface area contributed by atoms with Crippen LogP contribution in [0.25, 0.3) is 0 Å². The number of carbonyl (C=O) groups excluding carboxylic acids is 1. The van der Waals surface area contributed by atoms with Crippen LogP contribution in [0.1, 0.15) is 19.0 Å². The van der Waals surface area contributed by atoms with Gasteiger partial charge in [0.2, 0.25) is 5.91 Å². The molecule has 6 nitrogen and oxygen atoms in total. The van der Waals surface area contributed by atoms with E-state index in [0.29, 0.717) is 6.54 Å². The lowest BCUT2D eigenvalue weighted by Crippen LogP contribution is -2.47. The summed E-state index contributed by atoms with van der Waals surface area (Å²) in [7, 11) is 0. The summed E-state index contributed by atoms with van der Waals surface area (Å²) in [6.45, 7) is 5.74. The zero-order chi connectivity index (χ0) is 12.1. The molecule has 94 valence electrons. The van der Waals surface area contributed by atoms with Crippen molar-refractivity contribution in [2.45, 2.75) is 26.3 Å². The van der Waals surface area contributed by atoms with E-state index in [1.165, 1.54) is 0 Å². The molecule has 0 saturated carbocycles. The van der Waals surface area contributed by atoms with E-state index in [1.807, 2.05) is 11.1 Å². The molecule has 0 spiro atoms. The molecule has 0 radical (unpaired) electrons. The second-order valence-corrected chi connectivity index (χ2v) is 4.29. The summed E-state index contributed by atoms with van der Waals surface area (Å²) >= 11 is 0. The van der Waals surface area contributed by atoms with Gasteiger partial charge < -0.3 is 10.2 Å². The van der Waals surface area contributed by atoms with Gasteiger partial charge in [0.1, 0.15) is 6.54 Å². The highest BCUT2D eigenvalue weighted by molar-refractivity contribution is 5.76. The molecule has 2 heterocycles. The summed E-state index contributed by atoms with van der Waals surface area (Å²) in [6.07, 6.45) is 3.83. The zero-order valence-electron chi connectivity index (χ0n) is 10.2. The van der Waals surface area contributed by atoms with E-state index >= 15 is 0 Å². The Kier molecular flexibility index (Phi) is 4.08. The van der Waals surface area contributed by atoms with Crippen LogP contribution in [0.15, 0.2) is 6.20 Å². The first-order valence-corrected chi connectivity index (χ1v) is 6.17. The van der Waals surface area contributed by atoms with Gasteiger partial charge in [-0.05, 0) is 6.42 Å². The molecule has 1 fully saturated rings. The summed E-state index contributed by atoms with van der Waals surface area (Å²) in [5, 5.41) is 11.2. The van der Waals surface area contributed by atoms with Crippen molar-refractivity contribution in [3.63, 3.8) is 0 Å². The predicted octanol–water partition coefficient (Wildman–Crippen LogP) is -0.338. The number of hydrogen-bond acceptors (Lipinski definition) is 4. The van der Waals surface area contributed by atoms with E-state index in [9.17, 15) is 4.79 Å². The number of aromatic nitrogens is 3. The van der Waals surface area contributed by atoms with E-state index < -0.39 is 0 Å². The normalized spacial score (nSPS) is 16.2. The van der Waals surface area contributed by atoms with Gasteiger partial charge in [-0.15, -0.1) is 5.10 Å². The molecule has 1 aromatic heterocycles. The Labute approximate surface area is 101 Å².